The van der Waals surface area contributed by atoms with Crippen LogP contribution in [0.25, 0.3) is 0 Å². The number of esters is 1. The van der Waals surface area contributed by atoms with Crippen LogP contribution >= 0.6 is 0 Å². The first-order chi connectivity index (χ1) is 11.4. The van der Waals surface area contributed by atoms with Crippen LogP contribution in [0, 0.1) is 5.92 Å². The summed E-state index contributed by atoms with van der Waals surface area (Å²) in [6.07, 6.45) is 5.47. The summed E-state index contributed by atoms with van der Waals surface area (Å²) in [5.74, 6) is -1.04. The van der Waals surface area contributed by atoms with Crippen molar-refractivity contribution in [2.75, 3.05) is 19.8 Å². The molecular weight excluding hydrogens is 324 g/mol. The summed E-state index contributed by atoms with van der Waals surface area (Å²) in [6, 6.07) is 0. The average molecular weight is 361 g/mol. The molecule has 0 heterocycles. The second kappa shape index (κ2) is 13.6. The van der Waals surface area contributed by atoms with Gasteiger partial charge in [-0.05, 0) is 32.1 Å². The molecule has 0 aromatic rings. The van der Waals surface area contributed by atoms with Gasteiger partial charge in [0, 0.05) is 12.0 Å². The van der Waals surface area contributed by atoms with Crippen LogP contribution in [0.2, 0.25) is 0 Å². The van der Waals surface area contributed by atoms with E-state index in [2.05, 4.69) is 27.4 Å². The lowest BCUT2D eigenvalue weighted by Crippen LogP contribution is -2.41. The Hall–Kier alpha value is -0.693. The van der Waals surface area contributed by atoms with Gasteiger partial charge >= 0.3 is 5.97 Å². The Balaban J connectivity index is 4.52. The molecule has 6 heteroatoms. The second-order valence-electron chi connectivity index (χ2n) is 6.31. The number of hydrogen-bond donors (Lipinski definition) is 0. The normalized spacial score (nSPS) is 13.0. The van der Waals surface area contributed by atoms with E-state index in [1.807, 2.05) is 0 Å². The minimum Gasteiger partial charge on any atom is -0.462 e. The fraction of sp³-hybridized carbons (Fsp3) is 0.833. The molecule has 1 unspecified atom stereocenters. The second-order valence-corrected chi connectivity index (χ2v) is 6.71. The van der Waals surface area contributed by atoms with Crippen molar-refractivity contribution in [3.8, 4) is 0 Å². The van der Waals surface area contributed by atoms with Crippen molar-refractivity contribution in [3.63, 3.8) is 0 Å². The largest absolute Gasteiger partial charge is 0.462 e. The van der Waals surface area contributed by atoms with Crippen molar-refractivity contribution in [3.05, 3.63) is 12.2 Å². The fourth-order valence-electron chi connectivity index (χ4n) is 2.11. The smallest absolute Gasteiger partial charge is 0.333 e. The highest BCUT2D eigenvalue weighted by Gasteiger charge is 2.33. The zero-order valence-corrected chi connectivity index (χ0v) is 18.2. The lowest BCUT2D eigenvalue weighted by atomic mass is 10.0. The molecule has 24 heavy (non-hydrogen) atoms. The first-order valence-corrected chi connectivity index (χ1v) is 9.88. The van der Waals surface area contributed by atoms with Crippen molar-refractivity contribution < 1.29 is 23.4 Å². The van der Waals surface area contributed by atoms with Crippen LogP contribution in [0.5, 0.6) is 0 Å². The van der Waals surface area contributed by atoms with Gasteiger partial charge in [-0.2, -0.15) is 0 Å². The topological polar surface area (TPSA) is 54.0 Å². The molecule has 0 saturated carbocycles. The van der Waals surface area contributed by atoms with Crippen LogP contribution in [0.3, 0.4) is 0 Å². The summed E-state index contributed by atoms with van der Waals surface area (Å²) in [5, 5.41) is 0. The van der Waals surface area contributed by atoms with Crippen LogP contribution in [0.15, 0.2) is 12.2 Å². The minimum atomic E-state index is -0.950. The Morgan fingerprint density at radius 1 is 1.12 bits per heavy atom. The SMILES string of the molecule is C=C(C)C(=O)OCCC(C)CC(O[SiH3])(OCCCC)OCCCC. The Kier molecular flexibility index (Phi) is 13.2. The van der Waals surface area contributed by atoms with E-state index in [1.54, 1.807) is 6.92 Å². The summed E-state index contributed by atoms with van der Waals surface area (Å²) < 4.78 is 22.8. The molecule has 0 spiro atoms. The summed E-state index contributed by atoms with van der Waals surface area (Å²) >= 11 is 0. The maximum Gasteiger partial charge on any atom is 0.333 e. The van der Waals surface area contributed by atoms with Gasteiger partial charge in [-0.15, -0.1) is 0 Å². The van der Waals surface area contributed by atoms with Gasteiger partial charge in [-0.25, -0.2) is 4.79 Å². The van der Waals surface area contributed by atoms with Crippen LogP contribution in [-0.2, 0) is 23.4 Å². The first kappa shape index (κ1) is 23.3. The van der Waals surface area contributed by atoms with Gasteiger partial charge in [0.1, 0.15) is 0 Å². The monoisotopic (exact) mass is 360 g/mol. The summed E-state index contributed by atoms with van der Waals surface area (Å²) in [7, 11) is 0.541. The predicted octanol–water partition coefficient (Wildman–Crippen LogP) is 3.11. The van der Waals surface area contributed by atoms with Crippen molar-refractivity contribution in [2.24, 2.45) is 5.92 Å². The van der Waals surface area contributed by atoms with E-state index < -0.39 is 5.97 Å². The highest BCUT2D eigenvalue weighted by atomic mass is 28.2. The van der Waals surface area contributed by atoms with Gasteiger partial charge in [-0.3, -0.25) is 0 Å². The highest BCUT2D eigenvalue weighted by Crippen LogP contribution is 2.26. The number of rotatable bonds is 15. The summed E-state index contributed by atoms with van der Waals surface area (Å²) in [4.78, 5) is 11.4. The van der Waals surface area contributed by atoms with Crippen LogP contribution in [0.4, 0.5) is 0 Å². The van der Waals surface area contributed by atoms with Gasteiger partial charge in [0.15, 0.2) is 10.5 Å². The molecule has 0 aliphatic rings. The molecule has 0 N–H and O–H groups in total. The molecule has 0 aliphatic heterocycles. The lowest BCUT2D eigenvalue weighted by molar-refractivity contribution is -0.351. The Bertz CT molecular complexity index is 349. The molecule has 0 radical (unpaired) electrons. The molecule has 5 nitrogen and oxygen atoms in total. The van der Waals surface area contributed by atoms with Crippen molar-refractivity contribution >= 4 is 16.5 Å². The van der Waals surface area contributed by atoms with Crippen molar-refractivity contribution in [2.45, 2.75) is 72.2 Å². The van der Waals surface area contributed by atoms with Gasteiger partial charge in [-0.1, -0.05) is 40.2 Å². The molecule has 0 aliphatic carbocycles. The molecule has 0 saturated heterocycles. The summed E-state index contributed by atoms with van der Waals surface area (Å²) in [5.41, 5.74) is 0.422. The number of hydrogen-bond acceptors (Lipinski definition) is 5. The Labute approximate surface area is 150 Å². The molecule has 0 bridgehead atoms. The summed E-state index contributed by atoms with van der Waals surface area (Å²) in [6.45, 7) is 13.2. The predicted molar refractivity (Wildman–Crippen MR) is 99.6 cm³/mol. The van der Waals surface area contributed by atoms with E-state index in [4.69, 9.17) is 18.6 Å². The molecule has 142 valence electrons. The molecule has 0 rings (SSSR count). The number of carbonyl (C=O) groups excluding carboxylic acids is 1. The molecule has 0 aromatic carbocycles. The van der Waals surface area contributed by atoms with Gasteiger partial charge < -0.3 is 18.6 Å². The van der Waals surface area contributed by atoms with E-state index in [0.29, 0.717) is 42.3 Å². The molecule has 1 atom stereocenters. The maximum atomic E-state index is 11.4. The number of carbonyl (C=O) groups is 1. The van der Waals surface area contributed by atoms with Crippen LogP contribution < -0.4 is 0 Å². The zero-order valence-electron chi connectivity index (χ0n) is 16.2. The van der Waals surface area contributed by atoms with E-state index in [-0.39, 0.29) is 11.9 Å². The molecular formula is C18H36O5Si. The first-order valence-electron chi connectivity index (χ1n) is 9.06. The zero-order chi connectivity index (χ0) is 18.4. The molecule has 0 amide bonds. The fourth-order valence-corrected chi connectivity index (χ4v) is 2.51. The number of ether oxygens (including phenoxy) is 3. The third kappa shape index (κ3) is 10.2. The van der Waals surface area contributed by atoms with Gasteiger partial charge in [0.2, 0.25) is 0 Å². The average Bonchev–Trinajstić information content (AvgIpc) is 2.54. The van der Waals surface area contributed by atoms with Gasteiger partial charge in [0.05, 0.1) is 19.8 Å². The lowest BCUT2D eigenvalue weighted by Gasteiger charge is -2.34. The van der Waals surface area contributed by atoms with Gasteiger partial charge in [0.25, 0.3) is 5.97 Å². The molecule has 0 aromatic heterocycles. The van der Waals surface area contributed by atoms with Crippen molar-refractivity contribution in [1.29, 1.82) is 0 Å². The Morgan fingerprint density at radius 3 is 2.08 bits per heavy atom. The van der Waals surface area contributed by atoms with E-state index in [0.717, 1.165) is 32.1 Å². The quantitative estimate of drug-likeness (QED) is 0.148. The minimum absolute atomic E-state index is 0.250. The number of unbranched alkanes of at least 4 members (excludes halogenated alkanes) is 2. The van der Waals surface area contributed by atoms with E-state index >= 15 is 0 Å². The highest BCUT2D eigenvalue weighted by molar-refractivity contribution is 5.98. The van der Waals surface area contributed by atoms with E-state index in [1.165, 1.54) is 0 Å². The maximum absolute atomic E-state index is 11.4. The Morgan fingerprint density at radius 2 is 1.67 bits per heavy atom. The molecule has 0 fully saturated rings. The van der Waals surface area contributed by atoms with Crippen LogP contribution in [-0.4, -0.2) is 42.2 Å². The van der Waals surface area contributed by atoms with Crippen LogP contribution in [0.1, 0.15) is 66.2 Å². The van der Waals surface area contributed by atoms with E-state index in [9.17, 15) is 4.79 Å². The standard InChI is InChI=1S/C18H36O5Si/c1-6-8-11-21-18(23-24,22-12-9-7-2)14-16(5)10-13-20-17(19)15(3)4/h16H,3,6-14H2,1-2,4-5,24H3. The third-order valence-corrected chi connectivity index (χ3v) is 4.36. The van der Waals surface area contributed by atoms with Crippen molar-refractivity contribution in [1.82, 2.24) is 0 Å². The third-order valence-electron chi connectivity index (χ3n) is 3.74.